The maximum atomic E-state index is 12.7. The molecule has 3 aromatic rings. The van der Waals surface area contributed by atoms with Gasteiger partial charge in [-0.1, -0.05) is 47.6 Å². The monoisotopic (exact) mass is 491 g/mol. The SMILES string of the molecule is CC(C)(C)c1cc(/C=C/C(=O)Nc2ccc(O)c(N=C(N)c3cccs3)c2)cc(C(C)(C)C)c1O. The summed E-state index contributed by atoms with van der Waals surface area (Å²) in [7, 11) is 0. The smallest absolute Gasteiger partial charge is 0.248 e. The van der Waals surface area contributed by atoms with Crippen LogP contribution < -0.4 is 11.1 Å². The Balaban J connectivity index is 1.84. The summed E-state index contributed by atoms with van der Waals surface area (Å²) in [5.74, 6) is 0.215. The summed E-state index contributed by atoms with van der Waals surface area (Å²) in [6.07, 6.45) is 3.18. The number of rotatable bonds is 5. The molecule has 0 aliphatic heterocycles. The Kier molecular flexibility index (Phi) is 7.41. The predicted molar refractivity (Wildman–Crippen MR) is 146 cm³/mol. The highest BCUT2D eigenvalue weighted by atomic mass is 32.1. The summed E-state index contributed by atoms with van der Waals surface area (Å²) in [6.45, 7) is 12.3. The van der Waals surface area contributed by atoms with E-state index in [1.807, 2.05) is 71.2 Å². The van der Waals surface area contributed by atoms with E-state index >= 15 is 0 Å². The summed E-state index contributed by atoms with van der Waals surface area (Å²) in [4.78, 5) is 17.7. The van der Waals surface area contributed by atoms with Crippen LogP contribution in [0.4, 0.5) is 11.4 Å². The van der Waals surface area contributed by atoms with Crippen molar-refractivity contribution < 1.29 is 15.0 Å². The molecule has 0 radical (unpaired) electrons. The predicted octanol–water partition coefficient (Wildman–Crippen LogP) is 6.44. The molecule has 0 unspecified atom stereocenters. The molecule has 0 saturated heterocycles. The van der Waals surface area contributed by atoms with Gasteiger partial charge in [-0.3, -0.25) is 4.79 Å². The number of nitrogens with two attached hydrogens (primary N) is 1. The van der Waals surface area contributed by atoms with E-state index in [-0.39, 0.29) is 34.0 Å². The van der Waals surface area contributed by atoms with Gasteiger partial charge in [0.05, 0.1) is 4.88 Å². The van der Waals surface area contributed by atoms with Gasteiger partial charge < -0.3 is 21.3 Å². The number of amides is 1. The van der Waals surface area contributed by atoms with Crippen molar-refractivity contribution in [3.63, 3.8) is 0 Å². The molecular weight excluding hydrogens is 458 g/mol. The van der Waals surface area contributed by atoms with Gasteiger partial charge in [-0.05, 0) is 64.2 Å². The topological polar surface area (TPSA) is 108 Å². The molecule has 0 aliphatic carbocycles. The first-order chi connectivity index (χ1) is 16.3. The second-order valence-corrected chi connectivity index (χ2v) is 11.4. The molecule has 184 valence electrons. The molecule has 1 aromatic heterocycles. The van der Waals surface area contributed by atoms with Crippen molar-refractivity contribution in [2.24, 2.45) is 10.7 Å². The summed E-state index contributed by atoms with van der Waals surface area (Å²) in [5.41, 5.74) is 8.74. The third-order valence-electron chi connectivity index (χ3n) is 5.43. The first-order valence-electron chi connectivity index (χ1n) is 11.3. The first kappa shape index (κ1) is 26.0. The molecule has 2 aromatic carbocycles. The van der Waals surface area contributed by atoms with Crippen LogP contribution >= 0.6 is 11.3 Å². The van der Waals surface area contributed by atoms with Crippen LogP contribution in [0.2, 0.25) is 0 Å². The van der Waals surface area contributed by atoms with Crippen LogP contribution in [0.3, 0.4) is 0 Å². The Morgan fingerprint density at radius 1 is 1.00 bits per heavy atom. The molecule has 6 nitrogen and oxygen atoms in total. The van der Waals surface area contributed by atoms with E-state index in [0.717, 1.165) is 21.6 Å². The van der Waals surface area contributed by atoms with Crippen molar-refractivity contribution in [2.45, 2.75) is 52.4 Å². The van der Waals surface area contributed by atoms with E-state index in [1.54, 1.807) is 18.2 Å². The number of nitrogens with zero attached hydrogens (tertiary/aromatic N) is 1. The Morgan fingerprint density at radius 2 is 1.63 bits per heavy atom. The molecule has 0 atom stereocenters. The zero-order valence-corrected chi connectivity index (χ0v) is 21.8. The largest absolute Gasteiger partial charge is 0.507 e. The van der Waals surface area contributed by atoms with E-state index in [9.17, 15) is 15.0 Å². The highest BCUT2D eigenvalue weighted by molar-refractivity contribution is 7.12. The number of amidine groups is 1. The lowest BCUT2D eigenvalue weighted by Crippen LogP contribution is -2.17. The minimum atomic E-state index is -0.334. The van der Waals surface area contributed by atoms with Gasteiger partial charge in [0.15, 0.2) is 0 Å². The van der Waals surface area contributed by atoms with Crippen molar-refractivity contribution in [3.05, 3.63) is 75.5 Å². The van der Waals surface area contributed by atoms with Crippen molar-refractivity contribution in [3.8, 4) is 11.5 Å². The lowest BCUT2D eigenvalue weighted by atomic mass is 9.78. The molecule has 0 saturated carbocycles. The normalized spacial score (nSPS) is 12.8. The molecule has 0 aliphatic rings. The van der Waals surface area contributed by atoms with Crippen LogP contribution in [0.1, 0.15) is 63.1 Å². The number of anilines is 1. The number of carbonyl (C=O) groups excluding carboxylic acids is 1. The highest BCUT2D eigenvalue weighted by Crippen LogP contribution is 2.40. The van der Waals surface area contributed by atoms with E-state index < -0.39 is 0 Å². The average molecular weight is 492 g/mol. The van der Waals surface area contributed by atoms with Gasteiger partial charge in [0.2, 0.25) is 5.91 Å². The number of hydrogen-bond acceptors (Lipinski definition) is 5. The highest BCUT2D eigenvalue weighted by Gasteiger charge is 2.26. The van der Waals surface area contributed by atoms with Gasteiger partial charge in [0.25, 0.3) is 0 Å². The molecule has 7 heteroatoms. The molecular formula is C28H33N3O3S. The third-order valence-corrected chi connectivity index (χ3v) is 6.33. The van der Waals surface area contributed by atoms with E-state index in [1.165, 1.54) is 23.5 Å². The number of hydrogen-bond donors (Lipinski definition) is 4. The molecule has 0 bridgehead atoms. The van der Waals surface area contributed by atoms with Crippen molar-refractivity contribution >= 4 is 40.5 Å². The third kappa shape index (κ3) is 6.51. The second kappa shape index (κ2) is 9.96. The van der Waals surface area contributed by atoms with E-state index in [2.05, 4.69) is 10.3 Å². The number of aromatic hydroxyl groups is 2. The van der Waals surface area contributed by atoms with Gasteiger partial charge in [0, 0.05) is 22.9 Å². The standard InChI is InChI=1S/C28H33N3O3S/c1-27(2,3)19-14-17(15-20(25(19)34)28(4,5)6)9-12-24(33)30-18-10-11-22(32)21(16-18)31-26(29)23-8-7-13-35-23/h7-16,32,34H,1-6H3,(H2,29,31)(H,30,33)/b12-9+. The molecule has 0 fully saturated rings. The van der Waals surface area contributed by atoms with Crippen LogP contribution in [0.15, 0.2) is 58.9 Å². The molecule has 3 rings (SSSR count). The molecule has 1 heterocycles. The Hall–Kier alpha value is -3.58. The maximum Gasteiger partial charge on any atom is 0.248 e. The van der Waals surface area contributed by atoms with Gasteiger partial charge in [-0.2, -0.15) is 0 Å². The van der Waals surface area contributed by atoms with Gasteiger partial charge in [0.1, 0.15) is 23.0 Å². The zero-order chi connectivity index (χ0) is 26.0. The lowest BCUT2D eigenvalue weighted by molar-refractivity contribution is -0.111. The lowest BCUT2D eigenvalue weighted by Gasteiger charge is -2.27. The summed E-state index contributed by atoms with van der Waals surface area (Å²) < 4.78 is 0. The van der Waals surface area contributed by atoms with Crippen molar-refractivity contribution in [2.75, 3.05) is 5.32 Å². The number of phenols is 2. The number of thiophene rings is 1. The second-order valence-electron chi connectivity index (χ2n) is 10.5. The van der Waals surface area contributed by atoms with Crippen LogP contribution in [0.5, 0.6) is 11.5 Å². The molecule has 1 amide bonds. The number of benzene rings is 2. The van der Waals surface area contributed by atoms with Crippen LogP contribution in [0, 0.1) is 0 Å². The van der Waals surface area contributed by atoms with Crippen LogP contribution in [0.25, 0.3) is 6.08 Å². The van der Waals surface area contributed by atoms with Crippen LogP contribution in [-0.2, 0) is 15.6 Å². The van der Waals surface area contributed by atoms with E-state index in [4.69, 9.17) is 5.73 Å². The summed E-state index contributed by atoms with van der Waals surface area (Å²) >= 11 is 1.45. The number of phenolic OH excluding ortho intramolecular Hbond substituents is 2. The number of carbonyl (C=O) groups is 1. The summed E-state index contributed by atoms with van der Waals surface area (Å²) in [5, 5.41) is 25.7. The van der Waals surface area contributed by atoms with E-state index in [0.29, 0.717) is 11.4 Å². The Labute approximate surface area is 210 Å². The summed E-state index contributed by atoms with van der Waals surface area (Å²) in [6, 6.07) is 12.2. The van der Waals surface area contributed by atoms with Gasteiger partial charge >= 0.3 is 0 Å². The fourth-order valence-corrected chi connectivity index (χ4v) is 4.18. The fourth-order valence-electron chi connectivity index (χ4n) is 3.55. The minimum absolute atomic E-state index is 0.0356. The van der Waals surface area contributed by atoms with Crippen LogP contribution in [-0.4, -0.2) is 22.0 Å². The quantitative estimate of drug-likeness (QED) is 0.142. The van der Waals surface area contributed by atoms with Gasteiger partial charge in [-0.15, -0.1) is 11.3 Å². The Morgan fingerprint density at radius 3 is 2.17 bits per heavy atom. The molecule has 5 N–H and O–H groups in total. The number of nitrogens with one attached hydrogen (secondary N) is 1. The zero-order valence-electron chi connectivity index (χ0n) is 21.0. The number of aliphatic imine (C=N–C) groups is 1. The van der Waals surface area contributed by atoms with Gasteiger partial charge in [-0.25, -0.2) is 4.99 Å². The minimum Gasteiger partial charge on any atom is -0.507 e. The molecule has 35 heavy (non-hydrogen) atoms. The average Bonchev–Trinajstić information content (AvgIpc) is 3.29. The first-order valence-corrected chi connectivity index (χ1v) is 12.2. The molecule has 0 spiro atoms. The fraction of sp³-hybridized carbons (Fsp3) is 0.286. The van der Waals surface area contributed by atoms with Crippen molar-refractivity contribution in [1.29, 1.82) is 0 Å². The maximum absolute atomic E-state index is 12.7. The Bertz CT molecular complexity index is 1240. The van der Waals surface area contributed by atoms with Crippen molar-refractivity contribution in [1.82, 2.24) is 0 Å².